The van der Waals surface area contributed by atoms with Crippen LogP contribution in [-0.2, 0) is 9.47 Å². The van der Waals surface area contributed by atoms with Gasteiger partial charge in [-0.3, -0.25) is 0 Å². The minimum atomic E-state index is -0.993. The summed E-state index contributed by atoms with van der Waals surface area (Å²) in [4.78, 5) is 0. The summed E-state index contributed by atoms with van der Waals surface area (Å²) in [5.41, 5.74) is 1.62. The molecule has 27 heavy (non-hydrogen) atoms. The molecule has 0 aliphatic carbocycles. The van der Waals surface area contributed by atoms with Crippen molar-refractivity contribution in [3.05, 3.63) is 47.5 Å². The van der Waals surface area contributed by atoms with Gasteiger partial charge >= 0.3 is 0 Å². The van der Waals surface area contributed by atoms with Gasteiger partial charge in [0, 0.05) is 11.8 Å². The van der Waals surface area contributed by atoms with Crippen molar-refractivity contribution in [3.63, 3.8) is 0 Å². The third-order valence-electron chi connectivity index (χ3n) is 5.38. The molecule has 2 saturated heterocycles. The van der Waals surface area contributed by atoms with E-state index in [0.29, 0.717) is 18.1 Å². The number of aliphatic hydroxyl groups is 1. The van der Waals surface area contributed by atoms with Gasteiger partial charge in [-0.05, 0) is 35.4 Å². The number of benzene rings is 2. The van der Waals surface area contributed by atoms with E-state index in [-0.39, 0.29) is 35.5 Å². The number of rotatable bonds is 4. The Kier molecular flexibility index (Phi) is 4.59. The second-order valence-corrected chi connectivity index (χ2v) is 6.80. The average molecular weight is 374 g/mol. The Hall–Kier alpha value is -2.48. The second-order valence-electron chi connectivity index (χ2n) is 6.80. The van der Waals surface area contributed by atoms with Crippen LogP contribution in [0.3, 0.4) is 0 Å². The largest absolute Gasteiger partial charge is 0.504 e. The third kappa shape index (κ3) is 2.97. The Morgan fingerprint density at radius 3 is 2.00 bits per heavy atom. The van der Waals surface area contributed by atoms with Crippen LogP contribution in [0.1, 0.15) is 23.3 Å². The third-order valence-corrected chi connectivity index (χ3v) is 5.38. The summed E-state index contributed by atoms with van der Waals surface area (Å²) < 4.78 is 22.2. The van der Waals surface area contributed by atoms with Crippen LogP contribution in [0.25, 0.3) is 0 Å². The zero-order chi connectivity index (χ0) is 19.1. The van der Waals surface area contributed by atoms with Crippen LogP contribution in [0.15, 0.2) is 36.4 Å². The monoisotopic (exact) mass is 374 g/mol. The molecule has 7 heteroatoms. The van der Waals surface area contributed by atoms with Crippen molar-refractivity contribution in [2.24, 2.45) is 11.8 Å². The number of aromatic hydroxyl groups is 2. The predicted molar refractivity (Wildman–Crippen MR) is 94.8 cm³/mol. The smallest absolute Gasteiger partial charge is 0.161 e. The van der Waals surface area contributed by atoms with Gasteiger partial charge in [-0.1, -0.05) is 12.1 Å². The summed E-state index contributed by atoms with van der Waals surface area (Å²) >= 11 is 0. The summed E-state index contributed by atoms with van der Waals surface area (Å²) in [5.74, 6) is 0.491. The highest BCUT2D eigenvalue weighted by Crippen LogP contribution is 2.53. The number of fused-ring (bicyclic) bond motifs is 1. The zero-order valence-corrected chi connectivity index (χ0v) is 15.0. The maximum atomic E-state index is 10.6. The van der Waals surface area contributed by atoms with E-state index in [1.54, 1.807) is 36.4 Å². The average Bonchev–Trinajstić information content (AvgIpc) is 3.24. The Bertz CT molecular complexity index is 786. The molecule has 5 atom stereocenters. The van der Waals surface area contributed by atoms with E-state index in [4.69, 9.17) is 18.9 Å². The molecule has 0 aromatic heterocycles. The first-order valence-electron chi connectivity index (χ1n) is 8.72. The number of hydrogen-bond donors (Lipinski definition) is 3. The molecule has 2 aliphatic heterocycles. The highest BCUT2D eigenvalue weighted by Gasteiger charge is 2.53. The number of phenols is 2. The summed E-state index contributed by atoms with van der Waals surface area (Å²) in [6.07, 6.45) is -1.74. The zero-order valence-electron chi connectivity index (χ0n) is 15.0. The Morgan fingerprint density at radius 2 is 1.44 bits per heavy atom. The van der Waals surface area contributed by atoms with Crippen LogP contribution < -0.4 is 9.47 Å². The molecule has 2 aromatic rings. The standard InChI is InChI=1S/C20H22O7/c1-24-15-7-10(3-5-13(15)21)18-12-9-26-19(17(12)20(23)27-18)11-4-6-14(22)16(8-11)25-2/h3-8,12,17-23H,9H2,1-2H3/t12-,17-,18?,19+,20+/m0/s1. The number of phenolic OH excluding ortho intramolecular Hbond substituents is 2. The first-order chi connectivity index (χ1) is 13.0. The van der Waals surface area contributed by atoms with Crippen molar-refractivity contribution >= 4 is 0 Å². The van der Waals surface area contributed by atoms with Gasteiger partial charge in [0.05, 0.1) is 33.0 Å². The second kappa shape index (κ2) is 6.92. The van der Waals surface area contributed by atoms with Crippen LogP contribution in [0, 0.1) is 11.8 Å². The first kappa shape index (κ1) is 17.9. The van der Waals surface area contributed by atoms with Crippen molar-refractivity contribution in [2.75, 3.05) is 20.8 Å². The highest BCUT2D eigenvalue weighted by molar-refractivity contribution is 5.44. The molecule has 0 spiro atoms. The number of aliphatic hydroxyl groups excluding tert-OH is 1. The first-order valence-corrected chi connectivity index (χ1v) is 8.72. The minimum Gasteiger partial charge on any atom is -0.504 e. The lowest BCUT2D eigenvalue weighted by atomic mass is 9.84. The molecule has 4 rings (SSSR count). The van der Waals surface area contributed by atoms with E-state index >= 15 is 0 Å². The quantitative estimate of drug-likeness (QED) is 0.756. The normalized spacial score (nSPS) is 29.5. The highest BCUT2D eigenvalue weighted by atomic mass is 16.6. The van der Waals surface area contributed by atoms with Gasteiger partial charge in [0.2, 0.25) is 0 Å². The lowest BCUT2D eigenvalue weighted by molar-refractivity contribution is -0.134. The van der Waals surface area contributed by atoms with Crippen molar-refractivity contribution in [3.8, 4) is 23.0 Å². The predicted octanol–water partition coefficient (Wildman–Crippen LogP) is 2.51. The van der Waals surface area contributed by atoms with Gasteiger partial charge in [-0.25, -0.2) is 0 Å². The van der Waals surface area contributed by atoms with Gasteiger partial charge in [-0.2, -0.15) is 0 Å². The van der Waals surface area contributed by atoms with Crippen LogP contribution in [0.5, 0.6) is 23.0 Å². The van der Waals surface area contributed by atoms with Gasteiger partial charge < -0.3 is 34.3 Å². The molecule has 144 valence electrons. The van der Waals surface area contributed by atoms with Crippen molar-refractivity contribution in [2.45, 2.75) is 18.5 Å². The molecule has 0 amide bonds. The molecule has 0 saturated carbocycles. The maximum absolute atomic E-state index is 10.6. The summed E-state index contributed by atoms with van der Waals surface area (Å²) in [6, 6.07) is 10.0. The van der Waals surface area contributed by atoms with Gasteiger partial charge in [0.15, 0.2) is 29.3 Å². The molecule has 1 unspecified atom stereocenters. The number of methoxy groups -OCH3 is 2. The SMILES string of the molecule is COc1cc(C2O[C@@H](O)[C@@H]3[C@@H](c4ccc(O)c(OC)c4)OC[C@H]23)ccc1O. The Balaban J connectivity index is 1.63. The van der Waals surface area contributed by atoms with E-state index in [2.05, 4.69) is 0 Å². The van der Waals surface area contributed by atoms with E-state index in [9.17, 15) is 15.3 Å². The van der Waals surface area contributed by atoms with Crippen LogP contribution in [0.4, 0.5) is 0 Å². The molecule has 2 aliphatic rings. The molecular weight excluding hydrogens is 352 g/mol. The van der Waals surface area contributed by atoms with Gasteiger partial charge in [0.1, 0.15) is 0 Å². The van der Waals surface area contributed by atoms with Crippen molar-refractivity contribution in [1.29, 1.82) is 0 Å². The summed E-state index contributed by atoms with van der Waals surface area (Å²) in [5, 5.41) is 30.2. The maximum Gasteiger partial charge on any atom is 0.161 e. The van der Waals surface area contributed by atoms with Gasteiger partial charge in [-0.15, -0.1) is 0 Å². The van der Waals surface area contributed by atoms with E-state index in [0.717, 1.165) is 11.1 Å². The van der Waals surface area contributed by atoms with E-state index in [1.807, 2.05) is 0 Å². The molecule has 0 bridgehead atoms. The molecule has 3 N–H and O–H groups in total. The fraction of sp³-hybridized carbons (Fsp3) is 0.400. The molecule has 2 heterocycles. The molecule has 2 fully saturated rings. The minimum absolute atomic E-state index is 0.0492. The lowest BCUT2D eigenvalue weighted by Gasteiger charge is -2.20. The fourth-order valence-electron chi connectivity index (χ4n) is 4.04. The molecular formula is C20H22O7. The Morgan fingerprint density at radius 1 is 0.889 bits per heavy atom. The van der Waals surface area contributed by atoms with E-state index < -0.39 is 6.29 Å². The van der Waals surface area contributed by atoms with E-state index in [1.165, 1.54) is 14.2 Å². The van der Waals surface area contributed by atoms with Crippen molar-refractivity contribution < 1.29 is 34.3 Å². The molecule has 2 aromatic carbocycles. The van der Waals surface area contributed by atoms with Gasteiger partial charge in [0.25, 0.3) is 0 Å². The van der Waals surface area contributed by atoms with Crippen LogP contribution in [-0.4, -0.2) is 42.4 Å². The Labute approximate surface area is 156 Å². The summed E-state index contributed by atoms with van der Waals surface area (Å²) in [6.45, 7) is 0.420. The number of hydrogen-bond acceptors (Lipinski definition) is 7. The number of ether oxygens (including phenoxy) is 4. The van der Waals surface area contributed by atoms with Crippen LogP contribution in [0.2, 0.25) is 0 Å². The summed E-state index contributed by atoms with van der Waals surface area (Å²) in [7, 11) is 2.97. The molecule has 0 radical (unpaired) electrons. The van der Waals surface area contributed by atoms with Crippen LogP contribution >= 0.6 is 0 Å². The molecule has 7 nitrogen and oxygen atoms in total. The fourth-order valence-corrected chi connectivity index (χ4v) is 4.04. The topological polar surface area (TPSA) is 97.6 Å². The lowest BCUT2D eigenvalue weighted by Crippen LogP contribution is -2.22. The van der Waals surface area contributed by atoms with Crippen molar-refractivity contribution in [1.82, 2.24) is 0 Å².